The van der Waals surface area contributed by atoms with Crippen molar-refractivity contribution in [2.45, 2.75) is 12.7 Å². The molecule has 4 rings (SSSR count). The molecular formula is C21H16F3N5O. The minimum Gasteiger partial charge on any atom is -0.348 e. The molecule has 1 amide bonds. The Morgan fingerprint density at radius 1 is 1.13 bits per heavy atom. The molecule has 152 valence electrons. The molecule has 0 spiro atoms. The van der Waals surface area contributed by atoms with E-state index >= 15 is 0 Å². The number of benzene rings is 1. The van der Waals surface area contributed by atoms with Crippen LogP contribution in [0.25, 0.3) is 22.3 Å². The van der Waals surface area contributed by atoms with Crippen molar-refractivity contribution in [3.63, 3.8) is 0 Å². The number of halogens is 3. The van der Waals surface area contributed by atoms with Crippen molar-refractivity contribution in [2.24, 2.45) is 7.05 Å². The zero-order valence-electron chi connectivity index (χ0n) is 15.8. The molecule has 0 aliphatic heterocycles. The van der Waals surface area contributed by atoms with E-state index in [4.69, 9.17) is 0 Å². The number of pyridine rings is 2. The first-order valence-electron chi connectivity index (χ1n) is 9.00. The number of rotatable bonds is 4. The maximum absolute atomic E-state index is 13.1. The van der Waals surface area contributed by atoms with Gasteiger partial charge in [0.15, 0.2) is 5.65 Å². The number of carbonyl (C=O) groups is 1. The second kappa shape index (κ2) is 7.58. The molecule has 1 N–H and O–H groups in total. The van der Waals surface area contributed by atoms with Gasteiger partial charge in [-0.15, -0.1) is 0 Å². The zero-order chi connectivity index (χ0) is 21.3. The molecule has 0 aliphatic rings. The van der Waals surface area contributed by atoms with Crippen LogP contribution in [0.2, 0.25) is 0 Å². The summed E-state index contributed by atoms with van der Waals surface area (Å²) in [5, 5.41) is 7.45. The molecule has 0 bridgehead atoms. The van der Waals surface area contributed by atoms with Crippen molar-refractivity contribution in [2.75, 3.05) is 0 Å². The number of fused-ring (bicyclic) bond motifs is 1. The van der Waals surface area contributed by atoms with Crippen LogP contribution in [0, 0.1) is 0 Å². The maximum atomic E-state index is 13.1. The highest BCUT2D eigenvalue weighted by molar-refractivity contribution is 6.06. The predicted molar refractivity (Wildman–Crippen MR) is 104 cm³/mol. The van der Waals surface area contributed by atoms with E-state index in [1.165, 1.54) is 29.1 Å². The Labute approximate surface area is 169 Å². The Morgan fingerprint density at radius 3 is 2.70 bits per heavy atom. The van der Waals surface area contributed by atoms with E-state index in [1.807, 2.05) is 6.07 Å². The fraction of sp³-hybridized carbons (Fsp3) is 0.143. The molecule has 0 saturated heterocycles. The van der Waals surface area contributed by atoms with Crippen LogP contribution in [0.15, 0.2) is 61.1 Å². The molecular weight excluding hydrogens is 395 g/mol. The average molecular weight is 411 g/mol. The normalized spacial score (nSPS) is 11.6. The molecule has 9 heteroatoms. The number of nitrogens with zero attached hydrogens (tertiary/aromatic N) is 4. The van der Waals surface area contributed by atoms with Crippen molar-refractivity contribution in [3.05, 3.63) is 77.7 Å². The van der Waals surface area contributed by atoms with Crippen LogP contribution in [0.1, 0.15) is 21.5 Å². The van der Waals surface area contributed by atoms with E-state index in [0.717, 1.165) is 17.7 Å². The van der Waals surface area contributed by atoms with Gasteiger partial charge < -0.3 is 5.32 Å². The second-order valence-electron chi connectivity index (χ2n) is 6.68. The number of amides is 1. The van der Waals surface area contributed by atoms with Gasteiger partial charge in [0.1, 0.15) is 0 Å². The highest BCUT2D eigenvalue weighted by Crippen LogP contribution is 2.32. The summed E-state index contributed by atoms with van der Waals surface area (Å²) in [5.74, 6) is -0.382. The molecule has 0 unspecified atom stereocenters. The number of hydrogen-bond acceptors (Lipinski definition) is 4. The lowest BCUT2D eigenvalue weighted by Gasteiger charge is -2.11. The summed E-state index contributed by atoms with van der Waals surface area (Å²) >= 11 is 0. The molecule has 0 radical (unpaired) electrons. The lowest BCUT2D eigenvalue weighted by atomic mass is 10.0. The predicted octanol–water partition coefficient (Wildman–Crippen LogP) is 3.98. The lowest BCUT2D eigenvalue weighted by molar-refractivity contribution is -0.137. The van der Waals surface area contributed by atoms with Gasteiger partial charge in [-0.25, -0.2) is 4.98 Å². The number of aromatic nitrogens is 4. The molecule has 0 atom stereocenters. The number of aryl methyl sites for hydroxylation is 1. The first-order valence-corrected chi connectivity index (χ1v) is 9.00. The molecule has 0 saturated carbocycles. The third-order valence-corrected chi connectivity index (χ3v) is 4.61. The van der Waals surface area contributed by atoms with E-state index in [0.29, 0.717) is 11.0 Å². The van der Waals surface area contributed by atoms with Gasteiger partial charge >= 0.3 is 6.18 Å². The Morgan fingerprint density at radius 2 is 1.97 bits per heavy atom. The van der Waals surface area contributed by atoms with Crippen molar-refractivity contribution in [1.29, 1.82) is 0 Å². The lowest BCUT2D eigenvalue weighted by Crippen LogP contribution is -2.23. The average Bonchev–Trinajstić information content (AvgIpc) is 3.12. The Hall–Kier alpha value is -3.75. The minimum atomic E-state index is -4.48. The Bertz CT molecular complexity index is 1220. The summed E-state index contributed by atoms with van der Waals surface area (Å²) in [6.45, 7) is 0.260. The van der Waals surface area contributed by atoms with Gasteiger partial charge in [-0.3, -0.25) is 14.5 Å². The largest absolute Gasteiger partial charge is 0.416 e. The smallest absolute Gasteiger partial charge is 0.348 e. The van der Waals surface area contributed by atoms with Crippen LogP contribution in [0.3, 0.4) is 0 Å². The summed E-state index contributed by atoms with van der Waals surface area (Å²) in [5.41, 5.74) is 1.23. The van der Waals surface area contributed by atoms with Crippen molar-refractivity contribution in [1.82, 2.24) is 25.1 Å². The maximum Gasteiger partial charge on any atom is 0.416 e. The van der Waals surface area contributed by atoms with Crippen molar-refractivity contribution in [3.8, 4) is 11.3 Å². The molecule has 3 heterocycles. The van der Waals surface area contributed by atoms with Gasteiger partial charge in [-0.2, -0.15) is 18.3 Å². The van der Waals surface area contributed by atoms with E-state index in [2.05, 4.69) is 20.4 Å². The van der Waals surface area contributed by atoms with E-state index in [1.54, 1.807) is 25.5 Å². The van der Waals surface area contributed by atoms with Gasteiger partial charge in [0, 0.05) is 31.5 Å². The Kier molecular flexibility index (Phi) is 4.94. The summed E-state index contributed by atoms with van der Waals surface area (Å²) < 4.78 is 40.8. The molecule has 0 aliphatic carbocycles. The molecule has 6 nitrogen and oxygen atoms in total. The van der Waals surface area contributed by atoms with Gasteiger partial charge in [0.25, 0.3) is 5.91 Å². The number of hydrogen-bond donors (Lipinski definition) is 1. The summed E-state index contributed by atoms with van der Waals surface area (Å²) in [6.07, 6.45) is 0.309. The van der Waals surface area contributed by atoms with Crippen LogP contribution in [-0.4, -0.2) is 25.7 Å². The van der Waals surface area contributed by atoms with Crippen LogP contribution < -0.4 is 5.32 Å². The SMILES string of the molecule is Cn1ncc2c(C(=O)NCc3cccnc3)cc(-c3cccc(C(F)(F)F)c3)nc21. The highest BCUT2D eigenvalue weighted by atomic mass is 19.4. The molecule has 30 heavy (non-hydrogen) atoms. The standard InChI is InChI=1S/C21H16F3N5O/c1-29-19-17(12-27-29)16(20(30)26-11-13-4-3-7-25-10-13)9-18(28-19)14-5-2-6-15(8-14)21(22,23)24/h2-10,12H,11H2,1H3,(H,26,30). The van der Waals surface area contributed by atoms with Crippen molar-refractivity contribution >= 4 is 16.9 Å². The Balaban J connectivity index is 1.74. The second-order valence-corrected chi connectivity index (χ2v) is 6.68. The van der Waals surface area contributed by atoms with Crippen LogP contribution >= 0.6 is 0 Å². The first kappa shape index (κ1) is 19.6. The van der Waals surface area contributed by atoms with E-state index < -0.39 is 11.7 Å². The third-order valence-electron chi connectivity index (χ3n) is 4.61. The number of nitrogens with one attached hydrogen (secondary N) is 1. The summed E-state index contributed by atoms with van der Waals surface area (Å²) in [6, 6.07) is 9.92. The summed E-state index contributed by atoms with van der Waals surface area (Å²) in [4.78, 5) is 21.3. The third kappa shape index (κ3) is 3.86. The molecule has 0 fully saturated rings. The molecule has 4 aromatic rings. The highest BCUT2D eigenvalue weighted by Gasteiger charge is 2.30. The fourth-order valence-electron chi connectivity index (χ4n) is 3.09. The van der Waals surface area contributed by atoms with Gasteiger partial charge in [0.05, 0.1) is 28.4 Å². The minimum absolute atomic E-state index is 0.253. The molecule has 3 aromatic heterocycles. The zero-order valence-corrected chi connectivity index (χ0v) is 15.8. The van der Waals surface area contributed by atoms with Crippen LogP contribution in [0.5, 0.6) is 0 Å². The number of carbonyl (C=O) groups excluding carboxylic acids is 1. The van der Waals surface area contributed by atoms with Gasteiger partial charge in [-0.05, 0) is 29.8 Å². The first-order chi connectivity index (χ1) is 14.3. The van der Waals surface area contributed by atoms with Gasteiger partial charge in [0.2, 0.25) is 0 Å². The number of alkyl halides is 3. The van der Waals surface area contributed by atoms with Crippen molar-refractivity contribution < 1.29 is 18.0 Å². The monoisotopic (exact) mass is 411 g/mol. The topological polar surface area (TPSA) is 72.7 Å². The molecule has 1 aromatic carbocycles. The van der Waals surface area contributed by atoms with Gasteiger partial charge in [-0.1, -0.05) is 18.2 Å². The van der Waals surface area contributed by atoms with Crippen LogP contribution in [0.4, 0.5) is 13.2 Å². The quantitative estimate of drug-likeness (QED) is 0.551. The van der Waals surface area contributed by atoms with E-state index in [-0.39, 0.29) is 29.3 Å². The van der Waals surface area contributed by atoms with Crippen LogP contribution in [-0.2, 0) is 19.8 Å². The van der Waals surface area contributed by atoms with E-state index in [9.17, 15) is 18.0 Å². The summed E-state index contributed by atoms with van der Waals surface area (Å²) in [7, 11) is 1.66. The fourth-order valence-corrected chi connectivity index (χ4v) is 3.09.